The van der Waals surface area contributed by atoms with Gasteiger partial charge in [-0.25, -0.2) is 4.98 Å². The van der Waals surface area contributed by atoms with Crippen molar-refractivity contribution >= 4 is 5.91 Å². The molecule has 2 rings (SSSR count). The fourth-order valence-corrected chi connectivity index (χ4v) is 1.96. The van der Waals surface area contributed by atoms with Crippen molar-refractivity contribution < 1.29 is 14.3 Å². The van der Waals surface area contributed by atoms with Gasteiger partial charge in [-0.3, -0.25) is 4.79 Å². The molecule has 0 bridgehead atoms. The van der Waals surface area contributed by atoms with E-state index in [0.29, 0.717) is 25.6 Å². The van der Waals surface area contributed by atoms with Crippen LogP contribution >= 0.6 is 0 Å². The Bertz CT molecular complexity index is 445. The minimum atomic E-state index is -0.259. The lowest BCUT2D eigenvalue weighted by Crippen LogP contribution is -2.30. The van der Waals surface area contributed by atoms with Gasteiger partial charge in [-0.05, 0) is 32.8 Å². The molecule has 1 N–H and O–H groups in total. The molecule has 110 valence electrons. The maximum atomic E-state index is 11.8. The van der Waals surface area contributed by atoms with Crippen LogP contribution in [0.5, 0.6) is 5.88 Å². The fraction of sp³-hybridized carbons (Fsp3) is 0.600. The van der Waals surface area contributed by atoms with Gasteiger partial charge in [-0.15, -0.1) is 0 Å². The third-order valence-corrected chi connectivity index (χ3v) is 2.98. The molecule has 1 aromatic rings. The summed E-state index contributed by atoms with van der Waals surface area (Å²) in [7, 11) is 0. The van der Waals surface area contributed by atoms with Gasteiger partial charge in [0.15, 0.2) is 0 Å². The van der Waals surface area contributed by atoms with Crippen LogP contribution in [-0.2, 0) is 16.1 Å². The molecule has 1 aliphatic heterocycles. The maximum Gasteiger partial charge on any atom is 0.225 e. The van der Waals surface area contributed by atoms with Gasteiger partial charge in [0.1, 0.15) is 5.60 Å². The second kappa shape index (κ2) is 6.22. The Morgan fingerprint density at radius 2 is 2.30 bits per heavy atom. The molecule has 2 heterocycles. The number of pyridine rings is 1. The molecule has 0 spiro atoms. The van der Waals surface area contributed by atoms with E-state index in [9.17, 15) is 4.79 Å². The highest BCUT2D eigenvalue weighted by molar-refractivity contribution is 5.78. The van der Waals surface area contributed by atoms with Crippen molar-refractivity contribution in [2.75, 3.05) is 13.2 Å². The highest BCUT2D eigenvalue weighted by Crippen LogP contribution is 2.16. The van der Waals surface area contributed by atoms with E-state index in [2.05, 4.69) is 10.3 Å². The van der Waals surface area contributed by atoms with Crippen LogP contribution in [0.4, 0.5) is 0 Å². The molecule has 5 heteroatoms. The van der Waals surface area contributed by atoms with Crippen LogP contribution in [0.1, 0.15) is 32.8 Å². The SMILES string of the molecule is CC(C)(C)Oc1ccc(CNC(=O)C2CCOC2)cn1. The normalized spacial score (nSPS) is 18.9. The second-order valence-electron chi connectivity index (χ2n) is 6.00. The number of hydrogen-bond acceptors (Lipinski definition) is 4. The Morgan fingerprint density at radius 1 is 1.50 bits per heavy atom. The molecule has 0 aliphatic carbocycles. The standard InChI is InChI=1S/C15H22N2O3/c1-15(2,3)20-13-5-4-11(8-16-13)9-17-14(18)12-6-7-19-10-12/h4-5,8,12H,6-7,9-10H2,1-3H3,(H,17,18). The number of carbonyl (C=O) groups is 1. The summed E-state index contributed by atoms with van der Waals surface area (Å²) in [5, 5.41) is 2.91. The van der Waals surface area contributed by atoms with Crippen LogP contribution in [-0.4, -0.2) is 29.7 Å². The number of rotatable bonds is 4. The van der Waals surface area contributed by atoms with Gasteiger partial charge < -0.3 is 14.8 Å². The third-order valence-electron chi connectivity index (χ3n) is 2.98. The van der Waals surface area contributed by atoms with Crippen molar-refractivity contribution in [3.63, 3.8) is 0 Å². The number of ether oxygens (including phenoxy) is 2. The summed E-state index contributed by atoms with van der Waals surface area (Å²) < 4.78 is 10.9. The summed E-state index contributed by atoms with van der Waals surface area (Å²) in [5.74, 6) is 0.640. The number of hydrogen-bond donors (Lipinski definition) is 1. The number of nitrogens with one attached hydrogen (secondary N) is 1. The van der Waals surface area contributed by atoms with Gasteiger partial charge >= 0.3 is 0 Å². The molecule has 0 saturated carbocycles. The summed E-state index contributed by atoms with van der Waals surface area (Å²) in [6, 6.07) is 3.74. The number of nitrogens with zero attached hydrogens (tertiary/aromatic N) is 1. The van der Waals surface area contributed by atoms with Crippen LogP contribution in [0.15, 0.2) is 18.3 Å². The Balaban J connectivity index is 1.83. The zero-order chi connectivity index (χ0) is 14.6. The molecule has 1 saturated heterocycles. The largest absolute Gasteiger partial charge is 0.472 e. The molecular formula is C15H22N2O3. The summed E-state index contributed by atoms with van der Waals surface area (Å²) in [5.41, 5.74) is 0.698. The quantitative estimate of drug-likeness (QED) is 0.914. The molecule has 1 fully saturated rings. The second-order valence-corrected chi connectivity index (χ2v) is 6.00. The molecule has 0 radical (unpaired) electrons. The van der Waals surface area contributed by atoms with E-state index in [1.54, 1.807) is 6.20 Å². The summed E-state index contributed by atoms with van der Waals surface area (Å²) in [6.45, 7) is 7.63. The zero-order valence-electron chi connectivity index (χ0n) is 12.3. The monoisotopic (exact) mass is 278 g/mol. The van der Waals surface area contributed by atoms with Crippen LogP contribution in [0, 0.1) is 5.92 Å². The minimum absolute atomic E-state index is 0.00791. The molecular weight excluding hydrogens is 256 g/mol. The van der Waals surface area contributed by atoms with Gasteiger partial charge in [-0.1, -0.05) is 6.07 Å². The highest BCUT2D eigenvalue weighted by atomic mass is 16.5. The van der Waals surface area contributed by atoms with Gasteiger partial charge in [0, 0.05) is 25.4 Å². The lowest BCUT2D eigenvalue weighted by Gasteiger charge is -2.20. The van der Waals surface area contributed by atoms with Crippen molar-refractivity contribution in [3.8, 4) is 5.88 Å². The van der Waals surface area contributed by atoms with E-state index >= 15 is 0 Å². The van der Waals surface area contributed by atoms with Crippen LogP contribution in [0.25, 0.3) is 0 Å². The van der Waals surface area contributed by atoms with Crippen molar-refractivity contribution in [2.45, 2.75) is 39.3 Å². The van der Waals surface area contributed by atoms with E-state index in [0.717, 1.165) is 12.0 Å². The van der Waals surface area contributed by atoms with Crippen molar-refractivity contribution in [3.05, 3.63) is 23.9 Å². The number of carbonyl (C=O) groups excluding carboxylic acids is 1. The lowest BCUT2D eigenvalue weighted by molar-refractivity contribution is -0.125. The molecule has 1 aliphatic rings. The number of aromatic nitrogens is 1. The Hall–Kier alpha value is -1.62. The molecule has 1 atom stereocenters. The van der Waals surface area contributed by atoms with Crippen LogP contribution < -0.4 is 10.1 Å². The van der Waals surface area contributed by atoms with Crippen LogP contribution in [0.2, 0.25) is 0 Å². The molecule has 1 aromatic heterocycles. The summed E-state index contributed by atoms with van der Waals surface area (Å²) >= 11 is 0. The molecule has 1 amide bonds. The summed E-state index contributed by atoms with van der Waals surface area (Å²) in [4.78, 5) is 16.1. The van der Waals surface area contributed by atoms with Gasteiger partial charge in [0.2, 0.25) is 11.8 Å². The predicted octanol–water partition coefficient (Wildman–Crippen LogP) is 1.91. The van der Waals surface area contributed by atoms with Gasteiger partial charge in [-0.2, -0.15) is 0 Å². The fourth-order valence-electron chi connectivity index (χ4n) is 1.96. The Morgan fingerprint density at radius 3 is 2.85 bits per heavy atom. The lowest BCUT2D eigenvalue weighted by atomic mass is 10.1. The van der Waals surface area contributed by atoms with Crippen molar-refractivity contribution in [1.29, 1.82) is 0 Å². The van der Waals surface area contributed by atoms with E-state index in [4.69, 9.17) is 9.47 Å². The molecule has 1 unspecified atom stereocenters. The first-order valence-electron chi connectivity index (χ1n) is 6.93. The average molecular weight is 278 g/mol. The predicted molar refractivity (Wildman–Crippen MR) is 75.4 cm³/mol. The number of amides is 1. The first-order chi connectivity index (χ1) is 9.44. The molecule has 0 aromatic carbocycles. The van der Waals surface area contributed by atoms with E-state index in [1.807, 2.05) is 32.9 Å². The first kappa shape index (κ1) is 14.8. The maximum absolute atomic E-state index is 11.8. The Labute approximate surface area is 119 Å². The van der Waals surface area contributed by atoms with Crippen LogP contribution in [0.3, 0.4) is 0 Å². The topological polar surface area (TPSA) is 60.5 Å². The summed E-state index contributed by atoms with van der Waals surface area (Å²) in [6.07, 6.45) is 2.54. The average Bonchev–Trinajstić information content (AvgIpc) is 2.89. The van der Waals surface area contributed by atoms with Gasteiger partial charge in [0.25, 0.3) is 0 Å². The van der Waals surface area contributed by atoms with Crippen molar-refractivity contribution in [1.82, 2.24) is 10.3 Å². The van der Waals surface area contributed by atoms with Crippen molar-refractivity contribution in [2.24, 2.45) is 5.92 Å². The molecule has 20 heavy (non-hydrogen) atoms. The van der Waals surface area contributed by atoms with E-state index in [1.165, 1.54) is 0 Å². The van der Waals surface area contributed by atoms with Gasteiger partial charge in [0.05, 0.1) is 12.5 Å². The minimum Gasteiger partial charge on any atom is -0.472 e. The van der Waals surface area contributed by atoms with E-state index in [-0.39, 0.29) is 17.4 Å². The molecule has 5 nitrogen and oxygen atoms in total. The Kier molecular flexibility index (Phi) is 4.60. The van der Waals surface area contributed by atoms with E-state index < -0.39 is 0 Å². The first-order valence-corrected chi connectivity index (χ1v) is 6.93. The zero-order valence-corrected chi connectivity index (χ0v) is 12.3. The third kappa shape index (κ3) is 4.49. The highest BCUT2D eigenvalue weighted by Gasteiger charge is 2.23. The smallest absolute Gasteiger partial charge is 0.225 e.